The Balaban J connectivity index is 2.15. The molecule has 0 aromatic heterocycles. The predicted molar refractivity (Wildman–Crippen MR) is 73.0 cm³/mol. The molecule has 16 heavy (non-hydrogen) atoms. The van der Waals surface area contributed by atoms with Crippen LogP contribution in [0.4, 0.5) is 0 Å². The van der Waals surface area contributed by atoms with Gasteiger partial charge < -0.3 is 5.73 Å². The molecule has 2 nitrogen and oxygen atoms in total. The molecule has 1 aliphatic carbocycles. The molecular formula is C13H26N2S. The monoisotopic (exact) mass is 242 g/mol. The van der Waals surface area contributed by atoms with Crippen molar-refractivity contribution in [3.63, 3.8) is 0 Å². The molecule has 2 atom stereocenters. The van der Waals surface area contributed by atoms with E-state index >= 15 is 0 Å². The third kappa shape index (κ3) is 2.27. The van der Waals surface area contributed by atoms with E-state index in [2.05, 4.69) is 30.5 Å². The number of thioether (sulfide) groups is 1. The van der Waals surface area contributed by atoms with Crippen LogP contribution in [0.15, 0.2) is 0 Å². The molecule has 0 amide bonds. The molecule has 2 aliphatic rings. The van der Waals surface area contributed by atoms with Crippen LogP contribution in [0.5, 0.6) is 0 Å². The first-order valence-electron chi connectivity index (χ1n) is 6.83. The lowest BCUT2D eigenvalue weighted by atomic mass is 9.87. The number of hydrogen-bond acceptors (Lipinski definition) is 3. The van der Waals surface area contributed by atoms with Crippen molar-refractivity contribution < 1.29 is 0 Å². The van der Waals surface area contributed by atoms with Gasteiger partial charge in [-0.15, -0.1) is 0 Å². The maximum absolute atomic E-state index is 6.17. The van der Waals surface area contributed by atoms with E-state index < -0.39 is 0 Å². The van der Waals surface area contributed by atoms with Crippen LogP contribution in [-0.4, -0.2) is 40.6 Å². The summed E-state index contributed by atoms with van der Waals surface area (Å²) < 4.78 is 0. The molecule has 0 spiro atoms. The molecule has 94 valence electrons. The lowest BCUT2D eigenvalue weighted by molar-refractivity contribution is 0.0730. The fourth-order valence-electron chi connectivity index (χ4n) is 3.16. The lowest BCUT2D eigenvalue weighted by Gasteiger charge is -2.50. The first-order chi connectivity index (χ1) is 7.74. The zero-order valence-corrected chi connectivity index (χ0v) is 11.6. The van der Waals surface area contributed by atoms with Gasteiger partial charge in [-0.05, 0) is 44.4 Å². The van der Waals surface area contributed by atoms with Crippen molar-refractivity contribution >= 4 is 11.8 Å². The fraction of sp³-hybridized carbons (Fsp3) is 1.00. The Morgan fingerprint density at radius 2 is 2.19 bits per heavy atom. The minimum Gasteiger partial charge on any atom is -0.329 e. The summed E-state index contributed by atoms with van der Waals surface area (Å²) in [6, 6.07) is 0.852. The molecule has 0 aromatic rings. The normalized spacial score (nSPS) is 35.6. The first kappa shape index (κ1) is 12.7. The third-order valence-corrected chi connectivity index (χ3v) is 5.72. The van der Waals surface area contributed by atoms with Gasteiger partial charge in [0.1, 0.15) is 0 Å². The van der Waals surface area contributed by atoms with Gasteiger partial charge in [0.2, 0.25) is 0 Å². The van der Waals surface area contributed by atoms with E-state index in [1.54, 1.807) is 0 Å². The Hall–Kier alpha value is 0.270. The van der Waals surface area contributed by atoms with Crippen LogP contribution in [0.2, 0.25) is 0 Å². The van der Waals surface area contributed by atoms with Crippen molar-refractivity contribution in [3.05, 3.63) is 0 Å². The average Bonchev–Trinajstić information content (AvgIpc) is 3.11. The summed E-state index contributed by atoms with van der Waals surface area (Å²) in [4.78, 5) is 2.77. The fourth-order valence-corrected chi connectivity index (χ4v) is 4.48. The lowest BCUT2D eigenvalue weighted by Crippen LogP contribution is -2.61. The highest BCUT2D eigenvalue weighted by Crippen LogP contribution is 2.43. The van der Waals surface area contributed by atoms with E-state index in [0.29, 0.717) is 10.8 Å². The molecule has 1 saturated carbocycles. The molecule has 1 heterocycles. The Morgan fingerprint density at radius 1 is 1.44 bits per heavy atom. The molecule has 1 saturated heterocycles. The molecule has 0 bridgehead atoms. The minimum atomic E-state index is 0.306. The minimum absolute atomic E-state index is 0.306. The second kappa shape index (κ2) is 5.28. The van der Waals surface area contributed by atoms with Gasteiger partial charge in [0.05, 0.1) is 0 Å². The number of hydrogen-bond donors (Lipinski definition) is 1. The van der Waals surface area contributed by atoms with Gasteiger partial charge in [0.15, 0.2) is 0 Å². The van der Waals surface area contributed by atoms with Crippen LogP contribution in [0.1, 0.15) is 46.0 Å². The number of nitrogens with zero attached hydrogens (tertiary/aromatic N) is 1. The van der Waals surface area contributed by atoms with Gasteiger partial charge in [-0.3, -0.25) is 4.90 Å². The van der Waals surface area contributed by atoms with Crippen molar-refractivity contribution in [2.75, 3.05) is 18.8 Å². The summed E-state index contributed by atoms with van der Waals surface area (Å²) in [7, 11) is 0. The summed E-state index contributed by atoms with van der Waals surface area (Å²) in [5, 5.41) is 0.707. The van der Waals surface area contributed by atoms with Gasteiger partial charge in [0.25, 0.3) is 0 Å². The number of nitrogens with two attached hydrogens (primary N) is 1. The molecule has 3 heteroatoms. The summed E-state index contributed by atoms with van der Waals surface area (Å²) in [5.74, 6) is 1.33. The summed E-state index contributed by atoms with van der Waals surface area (Å²) >= 11 is 2.13. The zero-order chi connectivity index (χ0) is 11.6. The van der Waals surface area contributed by atoms with Crippen LogP contribution in [0, 0.1) is 0 Å². The molecule has 0 radical (unpaired) electrons. The van der Waals surface area contributed by atoms with Crippen molar-refractivity contribution in [3.8, 4) is 0 Å². The topological polar surface area (TPSA) is 29.3 Å². The van der Waals surface area contributed by atoms with Crippen molar-refractivity contribution in [2.24, 2.45) is 5.73 Å². The third-order valence-electron chi connectivity index (χ3n) is 4.26. The van der Waals surface area contributed by atoms with Crippen molar-refractivity contribution in [1.29, 1.82) is 0 Å². The largest absolute Gasteiger partial charge is 0.329 e. The maximum Gasteiger partial charge on any atom is 0.0450 e. The van der Waals surface area contributed by atoms with Gasteiger partial charge in [-0.2, -0.15) is 11.8 Å². The summed E-state index contributed by atoms with van der Waals surface area (Å²) in [6.07, 6.45) is 6.72. The second-order valence-electron chi connectivity index (χ2n) is 5.35. The van der Waals surface area contributed by atoms with E-state index in [-0.39, 0.29) is 0 Å². The van der Waals surface area contributed by atoms with E-state index in [4.69, 9.17) is 5.73 Å². The van der Waals surface area contributed by atoms with Crippen molar-refractivity contribution in [2.45, 2.75) is 62.8 Å². The van der Waals surface area contributed by atoms with Gasteiger partial charge in [0, 0.05) is 23.4 Å². The predicted octanol–water partition coefficient (Wildman–Crippen LogP) is 2.47. The maximum atomic E-state index is 6.17. The van der Waals surface area contributed by atoms with Crippen LogP contribution in [0.25, 0.3) is 0 Å². The van der Waals surface area contributed by atoms with Gasteiger partial charge in [-0.25, -0.2) is 0 Å². The highest BCUT2D eigenvalue weighted by atomic mass is 32.2. The van der Waals surface area contributed by atoms with Crippen LogP contribution >= 0.6 is 11.8 Å². The van der Waals surface area contributed by atoms with Crippen LogP contribution in [-0.2, 0) is 0 Å². The van der Waals surface area contributed by atoms with Gasteiger partial charge >= 0.3 is 0 Å². The van der Waals surface area contributed by atoms with E-state index in [1.807, 2.05) is 0 Å². The quantitative estimate of drug-likeness (QED) is 0.803. The summed E-state index contributed by atoms with van der Waals surface area (Å²) in [6.45, 7) is 6.77. The second-order valence-corrected chi connectivity index (χ2v) is 6.80. The van der Waals surface area contributed by atoms with Gasteiger partial charge in [-0.1, -0.05) is 13.8 Å². The standard InChI is InChI=1S/C13H26N2S/c1-3-8-15(12-5-6-12)13(10-14)7-4-9-16-11(13)2/h11-12H,3-10,14H2,1-2H3. The molecule has 2 unspecified atom stereocenters. The molecule has 2 N–H and O–H groups in total. The average molecular weight is 242 g/mol. The Kier molecular flexibility index (Phi) is 4.20. The number of rotatable bonds is 5. The Morgan fingerprint density at radius 3 is 2.69 bits per heavy atom. The molecule has 2 fully saturated rings. The smallest absolute Gasteiger partial charge is 0.0450 e. The van der Waals surface area contributed by atoms with Crippen LogP contribution in [0.3, 0.4) is 0 Å². The van der Waals surface area contributed by atoms with Crippen molar-refractivity contribution in [1.82, 2.24) is 4.90 Å². The van der Waals surface area contributed by atoms with E-state index in [9.17, 15) is 0 Å². The van der Waals surface area contributed by atoms with E-state index in [0.717, 1.165) is 12.6 Å². The van der Waals surface area contributed by atoms with Crippen LogP contribution < -0.4 is 5.73 Å². The highest BCUT2D eigenvalue weighted by Gasteiger charge is 2.47. The zero-order valence-electron chi connectivity index (χ0n) is 10.7. The first-order valence-corrected chi connectivity index (χ1v) is 7.88. The molecule has 0 aromatic carbocycles. The molecule has 2 rings (SSSR count). The highest BCUT2D eigenvalue weighted by molar-refractivity contribution is 8.00. The van der Waals surface area contributed by atoms with E-state index in [1.165, 1.54) is 44.4 Å². The Labute approximate surface area is 104 Å². The SMILES string of the molecule is CCCN(C1CC1)C1(CN)CCCSC1C. The molecule has 1 aliphatic heterocycles. The summed E-state index contributed by atoms with van der Waals surface area (Å²) in [5.41, 5.74) is 6.48. The Bertz CT molecular complexity index is 230. The molecular weight excluding hydrogens is 216 g/mol.